The summed E-state index contributed by atoms with van der Waals surface area (Å²) >= 11 is 0. The average Bonchev–Trinajstić information content (AvgIpc) is 2.66. The van der Waals surface area contributed by atoms with Crippen LogP contribution in [0.1, 0.15) is 27.7 Å². The molecule has 0 rings (SSSR count). The SMILES string of the molecule is C=CC(/C=C\C(=C)N/C=C(\C)CNC(=C)C(C=N)=C(/C=C\C)/C=C\C)=C/C. The lowest BCUT2D eigenvalue weighted by Gasteiger charge is -2.13. The first-order valence-electron chi connectivity index (χ1n) is 8.94. The van der Waals surface area contributed by atoms with Crippen LogP contribution in [0.5, 0.6) is 0 Å². The van der Waals surface area contributed by atoms with Crippen molar-refractivity contribution in [3.63, 3.8) is 0 Å². The molecule has 144 valence electrons. The van der Waals surface area contributed by atoms with Crippen molar-refractivity contribution in [3.8, 4) is 0 Å². The van der Waals surface area contributed by atoms with Gasteiger partial charge in [-0.1, -0.05) is 62.3 Å². The van der Waals surface area contributed by atoms with Crippen molar-refractivity contribution in [1.29, 1.82) is 5.41 Å². The topological polar surface area (TPSA) is 47.9 Å². The van der Waals surface area contributed by atoms with Crippen LogP contribution in [0.4, 0.5) is 0 Å². The standard InChI is InChI=1S/C24H33N3/c1-8-12-23(13-9-2)24(16-25)21(7)27-18-19(5)17-26-20(6)14-15-22(10-3)11-4/h8-17,25-27H,3,6-7,18H2,1-2,4-5H3/b12-8-,13-9-,15-14-,19-17+,22-11-,25-16?. The van der Waals surface area contributed by atoms with Crippen LogP contribution in [0, 0.1) is 5.41 Å². The zero-order chi connectivity index (χ0) is 20.7. The zero-order valence-corrected chi connectivity index (χ0v) is 17.1. The molecule has 0 aliphatic carbocycles. The molecular formula is C24H33N3. The minimum atomic E-state index is 0.617. The second kappa shape index (κ2) is 14.1. The summed E-state index contributed by atoms with van der Waals surface area (Å²) in [6.07, 6.45) is 18.7. The summed E-state index contributed by atoms with van der Waals surface area (Å²) in [4.78, 5) is 0. The first kappa shape index (κ1) is 23.9. The normalized spacial score (nSPS) is 12.4. The highest BCUT2D eigenvalue weighted by molar-refractivity contribution is 5.84. The molecule has 0 heterocycles. The van der Waals surface area contributed by atoms with Gasteiger partial charge >= 0.3 is 0 Å². The molecule has 0 atom stereocenters. The van der Waals surface area contributed by atoms with Gasteiger partial charge in [-0.05, 0) is 50.5 Å². The summed E-state index contributed by atoms with van der Waals surface area (Å²) in [5.74, 6) is 0. The minimum absolute atomic E-state index is 0.617. The molecule has 0 aliphatic heterocycles. The van der Waals surface area contributed by atoms with Crippen LogP contribution < -0.4 is 10.6 Å². The first-order chi connectivity index (χ1) is 12.9. The fraction of sp³-hybridized carbons (Fsp3) is 0.208. The van der Waals surface area contributed by atoms with Crippen molar-refractivity contribution in [2.75, 3.05) is 6.54 Å². The molecule has 0 fully saturated rings. The van der Waals surface area contributed by atoms with E-state index < -0.39 is 0 Å². The van der Waals surface area contributed by atoms with Gasteiger partial charge in [0.15, 0.2) is 0 Å². The highest BCUT2D eigenvalue weighted by atomic mass is 14.9. The maximum Gasteiger partial charge on any atom is 0.0374 e. The molecule has 0 spiro atoms. The third-order valence-electron chi connectivity index (χ3n) is 3.60. The molecule has 0 aliphatic rings. The van der Waals surface area contributed by atoms with Crippen LogP contribution in [0.3, 0.4) is 0 Å². The molecule has 0 radical (unpaired) electrons. The van der Waals surface area contributed by atoms with E-state index in [2.05, 4.69) is 30.4 Å². The van der Waals surface area contributed by atoms with E-state index in [9.17, 15) is 0 Å². The van der Waals surface area contributed by atoms with E-state index in [1.807, 2.05) is 76.4 Å². The van der Waals surface area contributed by atoms with Crippen molar-refractivity contribution in [2.45, 2.75) is 27.7 Å². The monoisotopic (exact) mass is 363 g/mol. The average molecular weight is 364 g/mol. The molecule has 27 heavy (non-hydrogen) atoms. The largest absolute Gasteiger partial charge is 0.381 e. The molecule has 0 aromatic rings. The second-order valence-electron chi connectivity index (χ2n) is 5.83. The molecule has 0 amide bonds. The van der Waals surface area contributed by atoms with Crippen LogP contribution in [0.25, 0.3) is 0 Å². The number of hydrogen-bond donors (Lipinski definition) is 3. The molecule has 0 aromatic carbocycles. The van der Waals surface area contributed by atoms with Gasteiger partial charge < -0.3 is 16.0 Å². The highest BCUT2D eigenvalue weighted by Crippen LogP contribution is 2.13. The van der Waals surface area contributed by atoms with Crippen molar-refractivity contribution >= 4 is 6.21 Å². The quantitative estimate of drug-likeness (QED) is 0.299. The van der Waals surface area contributed by atoms with E-state index in [1.165, 1.54) is 6.21 Å². The van der Waals surface area contributed by atoms with Crippen molar-refractivity contribution < 1.29 is 0 Å². The first-order valence-corrected chi connectivity index (χ1v) is 8.94. The fourth-order valence-electron chi connectivity index (χ4n) is 2.07. The highest BCUT2D eigenvalue weighted by Gasteiger charge is 2.04. The van der Waals surface area contributed by atoms with E-state index in [-0.39, 0.29) is 0 Å². The Kier molecular flexibility index (Phi) is 12.5. The Balaban J connectivity index is 4.90. The van der Waals surface area contributed by atoms with Gasteiger partial charge in [0.05, 0.1) is 0 Å². The lowest BCUT2D eigenvalue weighted by Crippen LogP contribution is -2.18. The van der Waals surface area contributed by atoms with Gasteiger partial charge in [0.25, 0.3) is 0 Å². The molecule has 0 unspecified atom stereocenters. The number of nitrogens with one attached hydrogen (secondary N) is 3. The second-order valence-corrected chi connectivity index (χ2v) is 5.83. The molecule has 3 nitrogen and oxygen atoms in total. The Hall–Kier alpha value is -3.07. The van der Waals surface area contributed by atoms with Gasteiger partial charge in [-0.15, -0.1) is 0 Å². The van der Waals surface area contributed by atoms with E-state index in [0.717, 1.165) is 28.0 Å². The molecule has 0 aromatic heterocycles. The Morgan fingerprint density at radius 1 is 1.00 bits per heavy atom. The molecule has 3 N–H and O–H groups in total. The smallest absolute Gasteiger partial charge is 0.0374 e. The Bertz CT molecular complexity index is 709. The fourth-order valence-corrected chi connectivity index (χ4v) is 2.07. The Morgan fingerprint density at radius 2 is 1.63 bits per heavy atom. The van der Waals surface area contributed by atoms with E-state index >= 15 is 0 Å². The van der Waals surface area contributed by atoms with Gasteiger partial charge in [0, 0.05) is 35.9 Å². The predicted molar refractivity (Wildman–Crippen MR) is 122 cm³/mol. The van der Waals surface area contributed by atoms with E-state index in [1.54, 1.807) is 6.08 Å². The van der Waals surface area contributed by atoms with Crippen LogP contribution in [0.2, 0.25) is 0 Å². The van der Waals surface area contributed by atoms with Gasteiger partial charge in [-0.25, -0.2) is 0 Å². The lowest BCUT2D eigenvalue weighted by atomic mass is 10.1. The van der Waals surface area contributed by atoms with Crippen molar-refractivity contribution in [2.24, 2.45) is 0 Å². The van der Waals surface area contributed by atoms with E-state index in [0.29, 0.717) is 12.2 Å². The number of rotatable bonds is 12. The van der Waals surface area contributed by atoms with Crippen LogP contribution in [0.15, 0.2) is 108 Å². The van der Waals surface area contributed by atoms with Crippen LogP contribution in [-0.4, -0.2) is 12.8 Å². The molecule has 0 saturated heterocycles. The summed E-state index contributed by atoms with van der Waals surface area (Å²) < 4.78 is 0. The number of hydrogen-bond acceptors (Lipinski definition) is 3. The molecule has 0 saturated carbocycles. The molecule has 0 bridgehead atoms. The maximum atomic E-state index is 7.70. The van der Waals surface area contributed by atoms with E-state index in [4.69, 9.17) is 5.41 Å². The summed E-state index contributed by atoms with van der Waals surface area (Å²) in [7, 11) is 0. The third kappa shape index (κ3) is 9.85. The summed E-state index contributed by atoms with van der Waals surface area (Å²) in [5.41, 5.74) is 5.35. The molecule has 3 heteroatoms. The van der Waals surface area contributed by atoms with Crippen LogP contribution >= 0.6 is 0 Å². The van der Waals surface area contributed by atoms with Gasteiger partial charge in [-0.2, -0.15) is 0 Å². The van der Waals surface area contributed by atoms with Gasteiger partial charge in [0.2, 0.25) is 0 Å². The van der Waals surface area contributed by atoms with Gasteiger partial charge in [0.1, 0.15) is 0 Å². The zero-order valence-electron chi connectivity index (χ0n) is 17.1. The summed E-state index contributed by atoms with van der Waals surface area (Å²) in [5, 5.41) is 14.1. The maximum absolute atomic E-state index is 7.70. The number of allylic oxidation sites excluding steroid dienone is 11. The summed E-state index contributed by atoms with van der Waals surface area (Å²) in [6.45, 7) is 20.3. The molecular weight excluding hydrogens is 330 g/mol. The predicted octanol–water partition coefficient (Wildman–Crippen LogP) is 5.88. The lowest BCUT2D eigenvalue weighted by molar-refractivity contribution is 0.879. The minimum Gasteiger partial charge on any atom is -0.381 e. The third-order valence-corrected chi connectivity index (χ3v) is 3.60. The Labute approximate surface area is 165 Å². The van der Waals surface area contributed by atoms with Crippen LogP contribution in [-0.2, 0) is 0 Å². The van der Waals surface area contributed by atoms with Crippen molar-refractivity contribution in [3.05, 3.63) is 108 Å². The summed E-state index contributed by atoms with van der Waals surface area (Å²) in [6, 6.07) is 0. The van der Waals surface area contributed by atoms with Crippen molar-refractivity contribution in [1.82, 2.24) is 10.6 Å². The van der Waals surface area contributed by atoms with Gasteiger partial charge in [-0.3, -0.25) is 0 Å². The Morgan fingerprint density at radius 3 is 2.11 bits per heavy atom.